The first kappa shape index (κ1) is 16.8. The third-order valence-electron chi connectivity index (χ3n) is 3.21. The van der Waals surface area contributed by atoms with Crippen molar-refractivity contribution in [2.24, 2.45) is 7.05 Å². The van der Waals surface area contributed by atoms with Gasteiger partial charge < -0.3 is 5.32 Å². The van der Waals surface area contributed by atoms with Crippen LogP contribution in [0.3, 0.4) is 0 Å². The fraction of sp³-hybridized carbons (Fsp3) is 0.133. The van der Waals surface area contributed by atoms with Crippen molar-refractivity contribution < 1.29 is 4.79 Å². The number of hydrogen-bond acceptors (Lipinski definition) is 3. The zero-order valence-corrected chi connectivity index (χ0v) is 14.8. The molecule has 0 saturated heterocycles. The minimum absolute atomic E-state index is 0.113. The number of rotatable bonds is 4. The second kappa shape index (κ2) is 6.84. The average Bonchev–Trinajstić information content (AvgIpc) is 3.04. The number of nitrogens with zero attached hydrogens (tertiary/aromatic N) is 4. The maximum atomic E-state index is 12.2. The lowest BCUT2D eigenvalue weighted by Gasteiger charge is -2.02. The van der Waals surface area contributed by atoms with E-state index < -0.39 is 5.91 Å². The lowest BCUT2D eigenvalue weighted by atomic mass is 10.2. The van der Waals surface area contributed by atoms with Crippen molar-refractivity contribution in [3.05, 3.63) is 63.0 Å². The van der Waals surface area contributed by atoms with Crippen molar-refractivity contribution in [3.63, 3.8) is 0 Å². The van der Waals surface area contributed by atoms with E-state index in [4.69, 9.17) is 34.8 Å². The molecule has 0 aliphatic heterocycles. The molecule has 6 nitrogen and oxygen atoms in total. The van der Waals surface area contributed by atoms with E-state index in [1.54, 1.807) is 30.1 Å². The summed E-state index contributed by atoms with van der Waals surface area (Å²) in [6.45, 7) is 0.497. The van der Waals surface area contributed by atoms with Crippen molar-refractivity contribution in [3.8, 4) is 0 Å². The summed E-state index contributed by atoms with van der Waals surface area (Å²) >= 11 is 18.0. The minimum Gasteiger partial charge on any atom is -0.302 e. The molecule has 0 aliphatic carbocycles. The molecule has 0 bridgehead atoms. The molecule has 2 aromatic heterocycles. The Hall–Kier alpha value is -2.02. The van der Waals surface area contributed by atoms with Crippen molar-refractivity contribution in [1.29, 1.82) is 0 Å². The Morgan fingerprint density at radius 2 is 1.79 bits per heavy atom. The molecule has 1 aromatic carbocycles. The summed E-state index contributed by atoms with van der Waals surface area (Å²) in [4.78, 5) is 12.2. The molecule has 0 fully saturated rings. The Balaban J connectivity index is 1.75. The van der Waals surface area contributed by atoms with Crippen LogP contribution in [0.5, 0.6) is 0 Å². The zero-order chi connectivity index (χ0) is 17.3. The number of carbonyl (C=O) groups excluding carboxylic acids is 1. The Morgan fingerprint density at radius 3 is 2.42 bits per heavy atom. The van der Waals surface area contributed by atoms with Gasteiger partial charge in [-0.15, -0.1) is 0 Å². The second-order valence-corrected chi connectivity index (χ2v) is 6.35. The largest absolute Gasteiger partial charge is 0.302 e. The van der Waals surface area contributed by atoms with Crippen molar-refractivity contribution in [2.45, 2.75) is 6.54 Å². The molecule has 3 rings (SSSR count). The van der Waals surface area contributed by atoms with E-state index in [2.05, 4.69) is 15.5 Å². The fourth-order valence-electron chi connectivity index (χ4n) is 2.12. The summed E-state index contributed by atoms with van der Waals surface area (Å²) in [5.41, 5.74) is 1.12. The highest BCUT2D eigenvalue weighted by Crippen LogP contribution is 2.22. The topological polar surface area (TPSA) is 64.7 Å². The molecule has 24 heavy (non-hydrogen) atoms. The van der Waals surface area contributed by atoms with E-state index in [1.807, 2.05) is 12.1 Å². The van der Waals surface area contributed by atoms with Gasteiger partial charge in [0.25, 0.3) is 5.91 Å². The number of halogens is 3. The lowest BCUT2D eigenvalue weighted by molar-refractivity contribution is 0.102. The van der Waals surface area contributed by atoms with Gasteiger partial charge in [-0.3, -0.25) is 14.2 Å². The molecule has 0 spiro atoms. The smallest absolute Gasteiger partial charge is 0.278 e. The van der Waals surface area contributed by atoms with Crippen molar-refractivity contribution in [2.75, 3.05) is 5.32 Å². The standard InChI is InChI=1S/C15H12Cl3N5O/c1-22-7-11(17)13(20-22)15(24)19-14-12(18)8-23(21-14)6-9-2-4-10(16)5-3-9/h2-5,7-8H,6H2,1H3,(H,19,21,24). The normalized spacial score (nSPS) is 10.8. The summed E-state index contributed by atoms with van der Waals surface area (Å²) in [5.74, 6) is -0.225. The van der Waals surface area contributed by atoms with Gasteiger partial charge in [-0.2, -0.15) is 10.2 Å². The molecular formula is C15H12Cl3N5O. The number of benzene rings is 1. The van der Waals surface area contributed by atoms with Gasteiger partial charge in [0.15, 0.2) is 11.5 Å². The quantitative estimate of drug-likeness (QED) is 0.742. The first-order valence-electron chi connectivity index (χ1n) is 6.90. The summed E-state index contributed by atoms with van der Waals surface area (Å²) in [6, 6.07) is 7.38. The Labute approximate surface area is 152 Å². The van der Waals surface area contributed by atoms with Gasteiger partial charge in [0, 0.05) is 24.5 Å². The van der Waals surface area contributed by atoms with E-state index in [9.17, 15) is 4.79 Å². The number of carbonyl (C=O) groups is 1. The van der Waals surface area contributed by atoms with E-state index in [0.29, 0.717) is 16.6 Å². The van der Waals surface area contributed by atoms with Gasteiger partial charge in [0.1, 0.15) is 5.02 Å². The molecule has 9 heteroatoms. The van der Waals surface area contributed by atoms with Crippen LogP contribution in [0.2, 0.25) is 15.1 Å². The molecule has 1 N–H and O–H groups in total. The molecule has 0 saturated carbocycles. The van der Waals surface area contributed by atoms with Crippen LogP contribution in [-0.4, -0.2) is 25.5 Å². The summed E-state index contributed by atoms with van der Waals surface area (Å²) < 4.78 is 3.08. The van der Waals surface area contributed by atoms with Crippen LogP contribution in [-0.2, 0) is 13.6 Å². The highest BCUT2D eigenvalue weighted by Gasteiger charge is 2.18. The number of anilines is 1. The number of aromatic nitrogens is 4. The van der Waals surface area contributed by atoms with Crippen LogP contribution in [0.4, 0.5) is 5.82 Å². The van der Waals surface area contributed by atoms with Crippen LogP contribution in [0, 0.1) is 0 Å². The highest BCUT2D eigenvalue weighted by atomic mass is 35.5. The number of amides is 1. The molecule has 0 aliphatic rings. The molecule has 0 atom stereocenters. The Kier molecular flexibility index (Phi) is 4.80. The van der Waals surface area contributed by atoms with E-state index in [0.717, 1.165) is 5.56 Å². The maximum Gasteiger partial charge on any atom is 0.278 e. The van der Waals surface area contributed by atoms with Crippen LogP contribution in [0.15, 0.2) is 36.7 Å². The van der Waals surface area contributed by atoms with Gasteiger partial charge in [-0.25, -0.2) is 0 Å². The Bertz CT molecular complexity index is 885. The first-order chi connectivity index (χ1) is 11.4. The van der Waals surface area contributed by atoms with E-state index >= 15 is 0 Å². The zero-order valence-electron chi connectivity index (χ0n) is 12.5. The second-order valence-electron chi connectivity index (χ2n) is 5.10. The first-order valence-corrected chi connectivity index (χ1v) is 8.03. The van der Waals surface area contributed by atoms with Crippen molar-refractivity contribution >= 4 is 46.5 Å². The number of nitrogens with one attached hydrogen (secondary N) is 1. The third kappa shape index (κ3) is 3.72. The van der Waals surface area contributed by atoms with Crippen LogP contribution < -0.4 is 5.32 Å². The monoisotopic (exact) mass is 383 g/mol. The van der Waals surface area contributed by atoms with Gasteiger partial charge in [0.05, 0.1) is 11.6 Å². The summed E-state index contributed by atoms with van der Waals surface area (Å²) in [7, 11) is 1.68. The van der Waals surface area contributed by atoms with Crippen LogP contribution in [0.1, 0.15) is 16.1 Å². The molecule has 3 aromatic rings. The maximum absolute atomic E-state index is 12.2. The molecule has 124 valence electrons. The van der Waals surface area contributed by atoms with Gasteiger partial charge in [-0.1, -0.05) is 46.9 Å². The van der Waals surface area contributed by atoms with Gasteiger partial charge >= 0.3 is 0 Å². The third-order valence-corrected chi connectivity index (χ3v) is 4.01. The lowest BCUT2D eigenvalue weighted by Crippen LogP contribution is -2.14. The predicted molar refractivity (Wildman–Crippen MR) is 94.0 cm³/mol. The van der Waals surface area contributed by atoms with Crippen molar-refractivity contribution in [1.82, 2.24) is 19.6 Å². The molecule has 0 unspecified atom stereocenters. The SMILES string of the molecule is Cn1cc(Cl)c(C(=O)Nc2nn(Cc3ccc(Cl)cc3)cc2Cl)n1. The molecular weight excluding hydrogens is 373 g/mol. The molecule has 0 radical (unpaired) electrons. The number of hydrogen-bond donors (Lipinski definition) is 1. The summed E-state index contributed by atoms with van der Waals surface area (Å²) in [6.07, 6.45) is 3.17. The van der Waals surface area contributed by atoms with Crippen LogP contribution in [0.25, 0.3) is 0 Å². The minimum atomic E-state index is -0.473. The highest BCUT2D eigenvalue weighted by molar-refractivity contribution is 6.35. The van der Waals surface area contributed by atoms with E-state index in [1.165, 1.54) is 10.9 Å². The summed E-state index contributed by atoms with van der Waals surface area (Å²) in [5, 5.41) is 12.1. The average molecular weight is 385 g/mol. The fourth-order valence-corrected chi connectivity index (χ4v) is 2.71. The van der Waals surface area contributed by atoms with Gasteiger partial charge in [0.2, 0.25) is 0 Å². The van der Waals surface area contributed by atoms with E-state index in [-0.39, 0.29) is 16.5 Å². The predicted octanol–water partition coefficient (Wildman–Crippen LogP) is 3.88. The molecule has 2 heterocycles. The van der Waals surface area contributed by atoms with Gasteiger partial charge in [-0.05, 0) is 17.7 Å². The number of aryl methyl sites for hydroxylation is 1. The van der Waals surface area contributed by atoms with Crippen LogP contribution >= 0.6 is 34.8 Å². The molecule has 1 amide bonds. The Morgan fingerprint density at radius 1 is 1.08 bits per heavy atom.